The van der Waals surface area contributed by atoms with E-state index in [0.29, 0.717) is 19.1 Å². The number of pyridine rings is 1. The standard InChI is InChI=1S/C17H20NO2/c1-13-7-3-4-8-15(13)17-19-11-14(12-20-17)16-9-5-6-10-18(16)2/h3-10,14,17H,11-12H2,1-2H3/q+1. The van der Waals surface area contributed by atoms with Crippen molar-refractivity contribution in [2.24, 2.45) is 7.05 Å². The lowest BCUT2D eigenvalue weighted by Crippen LogP contribution is -2.39. The fourth-order valence-electron chi connectivity index (χ4n) is 2.67. The molecule has 1 aromatic carbocycles. The van der Waals surface area contributed by atoms with Crippen molar-refractivity contribution in [1.29, 1.82) is 0 Å². The van der Waals surface area contributed by atoms with E-state index in [1.165, 1.54) is 11.3 Å². The Morgan fingerprint density at radius 3 is 2.40 bits per heavy atom. The van der Waals surface area contributed by atoms with Gasteiger partial charge >= 0.3 is 0 Å². The van der Waals surface area contributed by atoms with Crippen molar-refractivity contribution in [3.8, 4) is 0 Å². The van der Waals surface area contributed by atoms with Crippen LogP contribution in [-0.4, -0.2) is 13.2 Å². The number of ether oxygens (including phenoxy) is 2. The van der Waals surface area contributed by atoms with E-state index in [2.05, 4.69) is 49.0 Å². The molecule has 0 amide bonds. The zero-order chi connectivity index (χ0) is 13.9. The summed E-state index contributed by atoms with van der Waals surface area (Å²) in [6.45, 7) is 3.47. The molecule has 2 heterocycles. The molecule has 0 spiro atoms. The van der Waals surface area contributed by atoms with Crippen LogP contribution in [0.25, 0.3) is 0 Å². The molecule has 0 atom stereocenters. The van der Waals surface area contributed by atoms with Gasteiger partial charge in [-0.25, -0.2) is 4.57 Å². The van der Waals surface area contributed by atoms with Crippen LogP contribution in [0, 0.1) is 6.92 Å². The first kappa shape index (κ1) is 13.3. The first-order valence-electron chi connectivity index (χ1n) is 6.99. The largest absolute Gasteiger partial charge is 0.347 e. The van der Waals surface area contributed by atoms with E-state index in [1.807, 2.05) is 18.2 Å². The fraction of sp³-hybridized carbons (Fsp3) is 0.353. The SMILES string of the molecule is Cc1ccccc1C1OCC(c2cccc[n+]2C)CO1. The van der Waals surface area contributed by atoms with Crippen LogP contribution in [0.1, 0.15) is 29.0 Å². The number of aryl methyl sites for hydroxylation is 2. The average Bonchev–Trinajstić information content (AvgIpc) is 2.49. The molecule has 1 aliphatic rings. The maximum atomic E-state index is 5.93. The third kappa shape index (κ3) is 2.60. The van der Waals surface area contributed by atoms with Crippen LogP contribution in [0.5, 0.6) is 0 Å². The van der Waals surface area contributed by atoms with Gasteiger partial charge in [0.25, 0.3) is 0 Å². The minimum absolute atomic E-state index is 0.235. The summed E-state index contributed by atoms with van der Waals surface area (Å²) < 4.78 is 14.0. The Labute approximate surface area is 119 Å². The maximum absolute atomic E-state index is 5.93. The normalized spacial score (nSPS) is 22.7. The minimum Gasteiger partial charge on any atom is -0.347 e. The highest BCUT2D eigenvalue weighted by Gasteiger charge is 2.29. The highest BCUT2D eigenvalue weighted by Crippen LogP contribution is 2.30. The quantitative estimate of drug-likeness (QED) is 0.783. The van der Waals surface area contributed by atoms with E-state index >= 15 is 0 Å². The van der Waals surface area contributed by atoms with Gasteiger partial charge in [0, 0.05) is 17.7 Å². The Morgan fingerprint density at radius 1 is 1.00 bits per heavy atom. The van der Waals surface area contributed by atoms with Gasteiger partial charge in [0.1, 0.15) is 7.05 Å². The van der Waals surface area contributed by atoms with Crippen LogP contribution < -0.4 is 4.57 Å². The summed E-state index contributed by atoms with van der Waals surface area (Å²) in [7, 11) is 2.06. The first-order valence-corrected chi connectivity index (χ1v) is 6.99. The van der Waals surface area contributed by atoms with Crippen LogP contribution in [0.2, 0.25) is 0 Å². The molecule has 20 heavy (non-hydrogen) atoms. The van der Waals surface area contributed by atoms with Gasteiger partial charge in [-0.05, 0) is 12.5 Å². The summed E-state index contributed by atoms with van der Waals surface area (Å²) in [5, 5.41) is 0. The van der Waals surface area contributed by atoms with Crippen molar-refractivity contribution in [1.82, 2.24) is 0 Å². The second-order valence-corrected chi connectivity index (χ2v) is 5.29. The second kappa shape index (κ2) is 5.73. The molecule has 3 heteroatoms. The number of hydrogen-bond acceptors (Lipinski definition) is 2. The molecule has 2 aromatic rings. The Kier molecular flexibility index (Phi) is 3.81. The van der Waals surface area contributed by atoms with E-state index in [4.69, 9.17) is 9.47 Å². The van der Waals surface area contributed by atoms with Gasteiger partial charge < -0.3 is 9.47 Å². The molecule has 0 unspecified atom stereocenters. The molecule has 0 bridgehead atoms. The molecule has 3 rings (SSSR count). The van der Waals surface area contributed by atoms with Gasteiger partial charge in [-0.2, -0.15) is 0 Å². The smallest absolute Gasteiger partial charge is 0.188 e. The van der Waals surface area contributed by atoms with Crippen molar-refractivity contribution in [2.45, 2.75) is 19.1 Å². The predicted molar refractivity (Wildman–Crippen MR) is 76.2 cm³/mol. The highest BCUT2D eigenvalue weighted by molar-refractivity contribution is 5.27. The van der Waals surface area contributed by atoms with Crippen molar-refractivity contribution < 1.29 is 14.0 Å². The predicted octanol–water partition coefficient (Wildman–Crippen LogP) is 2.65. The van der Waals surface area contributed by atoms with Crippen molar-refractivity contribution in [3.63, 3.8) is 0 Å². The molecule has 1 aromatic heterocycles. The van der Waals surface area contributed by atoms with Gasteiger partial charge in [0.15, 0.2) is 18.2 Å². The third-order valence-electron chi connectivity index (χ3n) is 3.85. The Hall–Kier alpha value is -1.71. The molecule has 0 radical (unpaired) electrons. The zero-order valence-electron chi connectivity index (χ0n) is 12.0. The number of nitrogens with zero attached hydrogens (tertiary/aromatic N) is 1. The highest BCUT2D eigenvalue weighted by atomic mass is 16.7. The van der Waals surface area contributed by atoms with E-state index in [9.17, 15) is 0 Å². The summed E-state index contributed by atoms with van der Waals surface area (Å²) in [5.74, 6) is 0.293. The van der Waals surface area contributed by atoms with Crippen molar-refractivity contribution in [2.75, 3.05) is 13.2 Å². The molecule has 1 aliphatic heterocycles. The number of aromatic nitrogens is 1. The first-order chi connectivity index (χ1) is 9.75. The maximum Gasteiger partial charge on any atom is 0.188 e. The lowest BCUT2D eigenvalue weighted by molar-refractivity contribution is -0.681. The van der Waals surface area contributed by atoms with Gasteiger partial charge in [-0.1, -0.05) is 30.3 Å². The van der Waals surface area contributed by atoms with Crippen LogP contribution in [0.4, 0.5) is 0 Å². The van der Waals surface area contributed by atoms with E-state index in [1.54, 1.807) is 0 Å². The van der Waals surface area contributed by atoms with Crippen LogP contribution in [-0.2, 0) is 16.5 Å². The monoisotopic (exact) mass is 270 g/mol. The van der Waals surface area contributed by atoms with E-state index in [0.717, 1.165) is 5.56 Å². The van der Waals surface area contributed by atoms with E-state index in [-0.39, 0.29) is 6.29 Å². The van der Waals surface area contributed by atoms with Gasteiger partial charge in [-0.3, -0.25) is 0 Å². The van der Waals surface area contributed by atoms with Crippen LogP contribution in [0.15, 0.2) is 48.7 Å². The Morgan fingerprint density at radius 2 is 1.70 bits per heavy atom. The average molecular weight is 270 g/mol. The Bertz CT molecular complexity index is 536. The van der Waals surface area contributed by atoms with Gasteiger partial charge in [0.2, 0.25) is 0 Å². The number of hydrogen-bond donors (Lipinski definition) is 0. The lowest BCUT2D eigenvalue weighted by Gasteiger charge is -2.29. The molecule has 1 fully saturated rings. The fourth-order valence-corrected chi connectivity index (χ4v) is 2.67. The summed E-state index contributed by atoms with van der Waals surface area (Å²) in [6, 6.07) is 14.4. The molecular weight excluding hydrogens is 250 g/mol. The molecule has 0 saturated carbocycles. The number of benzene rings is 1. The van der Waals surface area contributed by atoms with Crippen LogP contribution in [0.3, 0.4) is 0 Å². The van der Waals surface area contributed by atoms with Gasteiger partial charge in [-0.15, -0.1) is 0 Å². The second-order valence-electron chi connectivity index (χ2n) is 5.29. The van der Waals surface area contributed by atoms with Crippen molar-refractivity contribution in [3.05, 3.63) is 65.5 Å². The minimum atomic E-state index is -0.235. The topological polar surface area (TPSA) is 22.3 Å². The number of rotatable bonds is 2. The summed E-state index contributed by atoms with van der Waals surface area (Å²) >= 11 is 0. The molecule has 3 nitrogen and oxygen atoms in total. The molecule has 104 valence electrons. The molecule has 1 saturated heterocycles. The van der Waals surface area contributed by atoms with Crippen molar-refractivity contribution >= 4 is 0 Å². The Balaban J connectivity index is 1.72. The van der Waals surface area contributed by atoms with Gasteiger partial charge in [0.05, 0.1) is 19.1 Å². The third-order valence-corrected chi connectivity index (χ3v) is 3.85. The van der Waals surface area contributed by atoms with E-state index < -0.39 is 0 Å². The summed E-state index contributed by atoms with van der Waals surface area (Å²) in [5.41, 5.74) is 3.58. The lowest BCUT2D eigenvalue weighted by atomic mass is 10.0. The molecule has 0 aliphatic carbocycles. The summed E-state index contributed by atoms with van der Waals surface area (Å²) in [4.78, 5) is 0. The zero-order valence-corrected chi connectivity index (χ0v) is 12.0. The molecular formula is C17H20NO2+. The molecule has 0 N–H and O–H groups in total. The summed E-state index contributed by atoms with van der Waals surface area (Å²) in [6.07, 6.45) is 1.82. The van der Waals surface area contributed by atoms with Crippen LogP contribution >= 0.6 is 0 Å².